The maximum absolute atomic E-state index is 5.29. The first-order valence-corrected chi connectivity index (χ1v) is 6.23. The predicted octanol–water partition coefficient (Wildman–Crippen LogP) is 1.99. The second-order valence-electron chi connectivity index (χ2n) is 4.41. The van der Waals surface area contributed by atoms with Gasteiger partial charge in [0.2, 0.25) is 0 Å². The fourth-order valence-corrected chi connectivity index (χ4v) is 2.09. The monoisotopic (exact) mass is 316 g/mol. The first-order chi connectivity index (χ1) is 8.92. The molecule has 0 atom stereocenters. The molecule has 20 heavy (non-hydrogen) atoms. The van der Waals surface area contributed by atoms with Crippen LogP contribution in [0.15, 0.2) is 34.9 Å². The Bertz CT molecular complexity index is 500. The molecule has 1 N–H and O–H groups in total. The summed E-state index contributed by atoms with van der Waals surface area (Å²) in [6.07, 6.45) is 0. The molecule has 2 aromatic rings. The van der Waals surface area contributed by atoms with E-state index in [2.05, 4.69) is 20.4 Å². The van der Waals surface area contributed by atoms with E-state index in [9.17, 15) is 0 Å². The van der Waals surface area contributed by atoms with E-state index < -0.39 is 0 Å². The first-order valence-electron chi connectivity index (χ1n) is 6.23. The average Bonchev–Trinajstić information content (AvgIpc) is 2.89. The molecule has 0 aliphatic carbocycles. The molecule has 110 valence electrons. The van der Waals surface area contributed by atoms with Crippen LogP contribution in [0.25, 0.3) is 11.5 Å². The summed E-state index contributed by atoms with van der Waals surface area (Å²) in [5.41, 5.74) is 0.969. The summed E-state index contributed by atoms with van der Waals surface area (Å²) >= 11 is 0. The summed E-state index contributed by atoms with van der Waals surface area (Å²) < 4.78 is 5.29. The Morgan fingerprint density at radius 3 is 2.50 bits per heavy atom. The van der Waals surface area contributed by atoms with Gasteiger partial charge in [0.05, 0.1) is 6.54 Å². The van der Waals surface area contributed by atoms with Crippen molar-refractivity contribution in [3.05, 3.63) is 36.2 Å². The second-order valence-corrected chi connectivity index (χ2v) is 4.41. The molecule has 7 heteroatoms. The summed E-state index contributed by atoms with van der Waals surface area (Å²) in [5, 5.41) is 7.36. The van der Waals surface area contributed by atoms with Gasteiger partial charge in [-0.2, -0.15) is 4.98 Å². The van der Waals surface area contributed by atoms with Gasteiger partial charge in [-0.1, -0.05) is 23.4 Å². The Balaban J connectivity index is 0.000001000. The Hall–Kier alpha value is -1.14. The van der Waals surface area contributed by atoms with Gasteiger partial charge >= 0.3 is 0 Å². The van der Waals surface area contributed by atoms with E-state index in [-0.39, 0.29) is 24.8 Å². The van der Waals surface area contributed by atoms with Gasteiger partial charge < -0.3 is 9.84 Å². The van der Waals surface area contributed by atoms with Crippen LogP contribution in [0.3, 0.4) is 0 Å². The fourth-order valence-electron chi connectivity index (χ4n) is 2.09. The van der Waals surface area contributed by atoms with Gasteiger partial charge in [-0.05, 0) is 12.1 Å². The van der Waals surface area contributed by atoms with Crippen LogP contribution < -0.4 is 5.32 Å². The molecular formula is C13H18Cl2N4O. The Kier molecular flexibility index (Phi) is 6.95. The van der Waals surface area contributed by atoms with Gasteiger partial charge in [-0.15, -0.1) is 24.8 Å². The summed E-state index contributed by atoms with van der Waals surface area (Å²) in [6.45, 7) is 4.90. The highest BCUT2D eigenvalue weighted by Crippen LogP contribution is 2.16. The molecule has 1 saturated heterocycles. The molecule has 1 fully saturated rings. The van der Waals surface area contributed by atoms with Crippen LogP contribution in [-0.2, 0) is 6.54 Å². The smallest absolute Gasteiger partial charge is 0.257 e. The van der Waals surface area contributed by atoms with Crippen molar-refractivity contribution in [2.75, 3.05) is 26.2 Å². The van der Waals surface area contributed by atoms with Crippen molar-refractivity contribution in [2.24, 2.45) is 0 Å². The molecule has 0 spiro atoms. The number of benzene rings is 1. The number of halogens is 2. The third-order valence-electron chi connectivity index (χ3n) is 3.06. The number of nitrogens with one attached hydrogen (secondary N) is 1. The number of aromatic nitrogens is 2. The van der Waals surface area contributed by atoms with Crippen molar-refractivity contribution < 1.29 is 4.52 Å². The van der Waals surface area contributed by atoms with Crippen LogP contribution >= 0.6 is 24.8 Å². The van der Waals surface area contributed by atoms with Crippen molar-refractivity contribution >= 4 is 24.8 Å². The lowest BCUT2D eigenvalue weighted by atomic mass is 10.2. The molecule has 0 unspecified atom stereocenters. The summed E-state index contributed by atoms with van der Waals surface area (Å²) in [7, 11) is 0. The van der Waals surface area contributed by atoms with Crippen molar-refractivity contribution in [1.82, 2.24) is 20.4 Å². The summed E-state index contributed by atoms with van der Waals surface area (Å²) in [6, 6.07) is 9.86. The third-order valence-corrected chi connectivity index (χ3v) is 3.06. The van der Waals surface area contributed by atoms with E-state index in [0.717, 1.165) is 44.1 Å². The largest absolute Gasteiger partial charge is 0.334 e. The van der Waals surface area contributed by atoms with Crippen molar-refractivity contribution in [3.8, 4) is 11.5 Å². The maximum atomic E-state index is 5.29. The normalized spacial score (nSPS) is 15.2. The van der Waals surface area contributed by atoms with Gasteiger partial charge in [0.1, 0.15) is 0 Å². The zero-order chi connectivity index (χ0) is 12.2. The molecule has 0 bridgehead atoms. The molecule has 5 nitrogen and oxygen atoms in total. The van der Waals surface area contributed by atoms with Crippen LogP contribution in [0.2, 0.25) is 0 Å². The Morgan fingerprint density at radius 1 is 1.10 bits per heavy atom. The topological polar surface area (TPSA) is 54.2 Å². The lowest BCUT2D eigenvalue weighted by Crippen LogP contribution is -2.43. The lowest BCUT2D eigenvalue weighted by Gasteiger charge is -2.25. The molecule has 2 heterocycles. The van der Waals surface area contributed by atoms with Gasteiger partial charge in [-0.3, -0.25) is 4.90 Å². The zero-order valence-electron chi connectivity index (χ0n) is 11.0. The van der Waals surface area contributed by atoms with E-state index in [1.165, 1.54) is 0 Å². The molecule has 1 aliphatic rings. The van der Waals surface area contributed by atoms with Crippen LogP contribution in [0.1, 0.15) is 5.82 Å². The Labute approximate surface area is 130 Å². The zero-order valence-corrected chi connectivity index (χ0v) is 12.6. The minimum Gasteiger partial charge on any atom is -0.334 e. The lowest BCUT2D eigenvalue weighted by molar-refractivity contribution is 0.225. The average molecular weight is 317 g/mol. The number of nitrogens with zero attached hydrogens (tertiary/aromatic N) is 3. The SMILES string of the molecule is Cl.Cl.c1ccc(-c2nc(CN3CCNCC3)no2)cc1. The van der Waals surface area contributed by atoms with Crippen molar-refractivity contribution in [1.29, 1.82) is 0 Å². The van der Waals surface area contributed by atoms with Gasteiger partial charge in [0, 0.05) is 31.7 Å². The van der Waals surface area contributed by atoms with E-state index >= 15 is 0 Å². The minimum atomic E-state index is 0. The molecule has 0 radical (unpaired) electrons. The maximum Gasteiger partial charge on any atom is 0.257 e. The third kappa shape index (κ3) is 4.18. The highest BCUT2D eigenvalue weighted by molar-refractivity contribution is 5.85. The number of rotatable bonds is 3. The molecule has 1 aliphatic heterocycles. The van der Waals surface area contributed by atoms with E-state index in [0.29, 0.717) is 5.89 Å². The van der Waals surface area contributed by atoms with Crippen molar-refractivity contribution in [3.63, 3.8) is 0 Å². The number of hydrogen-bond donors (Lipinski definition) is 1. The van der Waals surface area contributed by atoms with Crippen LogP contribution in [0.5, 0.6) is 0 Å². The van der Waals surface area contributed by atoms with E-state index in [1.54, 1.807) is 0 Å². The van der Waals surface area contributed by atoms with Gasteiger partial charge in [-0.25, -0.2) is 0 Å². The highest BCUT2D eigenvalue weighted by Gasteiger charge is 2.14. The number of hydrogen-bond acceptors (Lipinski definition) is 5. The molecule has 0 amide bonds. The minimum absolute atomic E-state index is 0. The molecule has 1 aromatic heterocycles. The molecular weight excluding hydrogens is 299 g/mol. The van der Waals surface area contributed by atoms with E-state index in [4.69, 9.17) is 4.52 Å². The first kappa shape index (κ1) is 16.9. The number of piperazine rings is 1. The van der Waals surface area contributed by atoms with Crippen molar-refractivity contribution in [2.45, 2.75) is 6.54 Å². The van der Waals surface area contributed by atoms with E-state index in [1.807, 2.05) is 30.3 Å². The Morgan fingerprint density at radius 2 is 1.80 bits per heavy atom. The second kappa shape index (κ2) is 8.21. The summed E-state index contributed by atoms with van der Waals surface area (Å²) in [4.78, 5) is 6.76. The molecule has 3 rings (SSSR count). The van der Waals surface area contributed by atoms with Gasteiger partial charge in [0.15, 0.2) is 5.82 Å². The fraction of sp³-hybridized carbons (Fsp3) is 0.385. The van der Waals surface area contributed by atoms with Gasteiger partial charge in [0.25, 0.3) is 5.89 Å². The van der Waals surface area contributed by atoms with Crippen LogP contribution in [0, 0.1) is 0 Å². The van der Waals surface area contributed by atoms with Crippen LogP contribution in [0.4, 0.5) is 0 Å². The standard InChI is InChI=1S/C13H16N4O.2ClH/c1-2-4-11(5-3-1)13-15-12(16-18-13)10-17-8-6-14-7-9-17;;/h1-5,14H,6-10H2;2*1H. The molecule has 1 aromatic carbocycles. The predicted molar refractivity (Wildman–Crippen MR) is 82.4 cm³/mol. The summed E-state index contributed by atoms with van der Waals surface area (Å²) in [5.74, 6) is 1.36. The quantitative estimate of drug-likeness (QED) is 0.938. The van der Waals surface area contributed by atoms with Crippen LogP contribution in [-0.4, -0.2) is 41.2 Å². The highest BCUT2D eigenvalue weighted by atomic mass is 35.5. The molecule has 0 saturated carbocycles.